The molecule has 0 aliphatic rings. The van der Waals surface area contributed by atoms with Crippen LogP contribution in [0.5, 0.6) is 5.75 Å². The van der Waals surface area contributed by atoms with Crippen molar-refractivity contribution in [2.75, 3.05) is 19.1 Å². The third kappa shape index (κ3) is 3.11. The second-order valence-corrected chi connectivity index (χ2v) is 5.02. The Morgan fingerprint density at radius 1 is 1.10 bits per heavy atom. The minimum atomic E-state index is -0.0700. The maximum absolute atomic E-state index is 6.12. The average molecular weight is 270 g/mol. The van der Waals surface area contributed by atoms with Gasteiger partial charge < -0.3 is 15.4 Å². The quantitative estimate of drug-likeness (QED) is 0.905. The normalized spacial score (nSPS) is 12.0. The molecule has 0 saturated carbocycles. The molecule has 0 aromatic heterocycles. The van der Waals surface area contributed by atoms with E-state index in [2.05, 4.69) is 42.3 Å². The molecular formula is C17H22N2O. The summed E-state index contributed by atoms with van der Waals surface area (Å²) in [5.41, 5.74) is 9.55. The number of methoxy groups -OCH3 is 1. The first-order chi connectivity index (χ1) is 9.63. The van der Waals surface area contributed by atoms with E-state index in [0.29, 0.717) is 0 Å². The van der Waals surface area contributed by atoms with Crippen LogP contribution in [0.25, 0.3) is 0 Å². The van der Waals surface area contributed by atoms with Crippen LogP contribution in [-0.2, 0) is 6.54 Å². The molecule has 0 saturated heterocycles. The Bertz CT molecular complexity index is 552. The van der Waals surface area contributed by atoms with Gasteiger partial charge in [-0.1, -0.05) is 36.4 Å². The van der Waals surface area contributed by atoms with Crippen LogP contribution in [0.1, 0.15) is 24.1 Å². The highest BCUT2D eigenvalue weighted by Crippen LogP contribution is 2.33. The third-order valence-electron chi connectivity index (χ3n) is 3.39. The van der Waals surface area contributed by atoms with E-state index in [1.165, 1.54) is 5.56 Å². The van der Waals surface area contributed by atoms with E-state index >= 15 is 0 Å². The van der Waals surface area contributed by atoms with Crippen molar-refractivity contribution >= 4 is 5.69 Å². The molecule has 0 unspecified atom stereocenters. The molecule has 3 heteroatoms. The van der Waals surface area contributed by atoms with Crippen molar-refractivity contribution < 1.29 is 4.74 Å². The van der Waals surface area contributed by atoms with E-state index in [9.17, 15) is 0 Å². The molecule has 2 aromatic rings. The van der Waals surface area contributed by atoms with Crippen molar-refractivity contribution in [3.63, 3.8) is 0 Å². The molecule has 0 aliphatic heterocycles. The number of anilines is 1. The van der Waals surface area contributed by atoms with E-state index in [4.69, 9.17) is 10.5 Å². The van der Waals surface area contributed by atoms with Crippen LogP contribution >= 0.6 is 0 Å². The lowest BCUT2D eigenvalue weighted by atomic mass is 10.0. The molecule has 0 amide bonds. The Hall–Kier alpha value is -2.00. The van der Waals surface area contributed by atoms with Gasteiger partial charge in [-0.15, -0.1) is 0 Å². The van der Waals surface area contributed by atoms with Gasteiger partial charge in [0.15, 0.2) is 0 Å². The summed E-state index contributed by atoms with van der Waals surface area (Å²) in [6, 6.07) is 16.4. The second kappa shape index (κ2) is 6.44. The fraction of sp³-hybridized carbons (Fsp3) is 0.294. The van der Waals surface area contributed by atoms with Gasteiger partial charge in [-0.25, -0.2) is 0 Å². The zero-order chi connectivity index (χ0) is 14.5. The number of rotatable bonds is 5. The molecule has 0 heterocycles. The number of hydrogen-bond donors (Lipinski definition) is 1. The van der Waals surface area contributed by atoms with Gasteiger partial charge in [0, 0.05) is 30.9 Å². The minimum absolute atomic E-state index is 0.0700. The third-order valence-corrected chi connectivity index (χ3v) is 3.39. The Morgan fingerprint density at radius 3 is 2.40 bits per heavy atom. The Labute approximate surface area is 121 Å². The first kappa shape index (κ1) is 14.4. The predicted octanol–water partition coefficient (Wildman–Crippen LogP) is 3.35. The minimum Gasteiger partial charge on any atom is -0.496 e. The molecule has 106 valence electrons. The predicted molar refractivity (Wildman–Crippen MR) is 84.1 cm³/mol. The van der Waals surface area contributed by atoms with Crippen LogP contribution in [0.4, 0.5) is 5.69 Å². The maximum atomic E-state index is 6.12. The Kier molecular flexibility index (Phi) is 4.64. The summed E-state index contributed by atoms with van der Waals surface area (Å²) in [4.78, 5) is 2.20. The molecular weight excluding hydrogens is 248 g/mol. The van der Waals surface area contributed by atoms with Crippen LogP contribution in [0, 0.1) is 0 Å². The smallest absolute Gasteiger partial charge is 0.125 e. The zero-order valence-corrected chi connectivity index (χ0v) is 12.3. The molecule has 0 fully saturated rings. The number of benzene rings is 2. The molecule has 2 rings (SSSR count). The van der Waals surface area contributed by atoms with Gasteiger partial charge in [-0.05, 0) is 24.6 Å². The Balaban J connectivity index is 2.32. The SMILES string of the molecule is COc1cccc(N(C)Cc2ccccc2)c1[C@@H](C)N. The summed E-state index contributed by atoms with van der Waals surface area (Å²) in [6.45, 7) is 2.82. The second-order valence-electron chi connectivity index (χ2n) is 5.02. The van der Waals surface area contributed by atoms with Gasteiger partial charge in [-0.2, -0.15) is 0 Å². The summed E-state index contributed by atoms with van der Waals surface area (Å²) in [5.74, 6) is 0.845. The highest BCUT2D eigenvalue weighted by Gasteiger charge is 2.15. The fourth-order valence-corrected chi connectivity index (χ4v) is 2.44. The van der Waals surface area contributed by atoms with Gasteiger partial charge in [0.2, 0.25) is 0 Å². The molecule has 1 atom stereocenters. The highest BCUT2D eigenvalue weighted by atomic mass is 16.5. The number of hydrogen-bond acceptors (Lipinski definition) is 3. The van der Waals surface area contributed by atoms with Gasteiger partial charge in [0.1, 0.15) is 5.75 Å². The van der Waals surface area contributed by atoms with Crippen molar-refractivity contribution in [3.8, 4) is 5.75 Å². The maximum Gasteiger partial charge on any atom is 0.125 e. The summed E-state index contributed by atoms with van der Waals surface area (Å²) in [5, 5.41) is 0. The van der Waals surface area contributed by atoms with Crippen LogP contribution in [0.15, 0.2) is 48.5 Å². The molecule has 20 heavy (non-hydrogen) atoms. The first-order valence-electron chi connectivity index (χ1n) is 6.81. The number of nitrogens with two attached hydrogens (primary N) is 1. The van der Waals surface area contributed by atoms with E-state index in [1.807, 2.05) is 25.1 Å². The lowest BCUT2D eigenvalue weighted by Gasteiger charge is -2.25. The van der Waals surface area contributed by atoms with Crippen LogP contribution in [-0.4, -0.2) is 14.2 Å². The largest absolute Gasteiger partial charge is 0.496 e. The summed E-state index contributed by atoms with van der Waals surface area (Å²) < 4.78 is 5.44. The molecule has 2 aromatic carbocycles. The fourth-order valence-electron chi connectivity index (χ4n) is 2.44. The summed E-state index contributed by atoms with van der Waals surface area (Å²) in [7, 11) is 3.76. The van der Waals surface area contributed by atoms with Crippen LogP contribution in [0.2, 0.25) is 0 Å². The molecule has 0 bridgehead atoms. The standard InChI is InChI=1S/C17H22N2O/c1-13(18)17-15(10-7-11-16(17)20-3)19(2)12-14-8-5-4-6-9-14/h4-11,13H,12,18H2,1-3H3/t13-/m1/s1. The van der Waals surface area contributed by atoms with E-state index < -0.39 is 0 Å². The molecule has 0 radical (unpaired) electrons. The summed E-state index contributed by atoms with van der Waals surface area (Å²) in [6.07, 6.45) is 0. The van der Waals surface area contributed by atoms with E-state index in [1.54, 1.807) is 7.11 Å². The highest BCUT2D eigenvalue weighted by molar-refractivity contribution is 5.60. The lowest BCUT2D eigenvalue weighted by Crippen LogP contribution is -2.20. The monoisotopic (exact) mass is 270 g/mol. The van der Waals surface area contributed by atoms with E-state index in [-0.39, 0.29) is 6.04 Å². The first-order valence-corrected chi connectivity index (χ1v) is 6.81. The van der Waals surface area contributed by atoms with Gasteiger partial charge >= 0.3 is 0 Å². The molecule has 0 spiro atoms. The van der Waals surface area contributed by atoms with Gasteiger partial charge in [0.25, 0.3) is 0 Å². The van der Waals surface area contributed by atoms with Crippen LogP contribution in [0.3, 0.4) is 0 Å². The van der Waals surface area contributed by atoms with Crippen molar-refractivity contribution in [1.82, 2.24) is 0 Å². The summed E-state index contributed by atoms with van der Waals surface area (Å²) >= 11 is 0. The molecule has 2 N–H and O–H groups in total. The van der Waals surface area contributed by atoms with E-state index in [0.717, 1.165) is 23.5 Å². The Morgan fingerprint density at radius 2 is 1.80 bits per heavy atom. The lowest BCUT2D eigenvalue weighted by molar-refractivity contribution is 0.407. The number of ether oxygens (including phenoxy) is 1. The molecule has 0 aliphatic carbocycles. The average Bonchev–Trinajstić information content (AvgIpc) is 2.47. The topological polar surface area (TPSA) is 38.5 Å². The van der Waals surface area contributed by atoms with Crippen molar-refractivity contribution in [1.29, 1.82) is 0 Å². The van der Waals surface area contributed by atoms with Crippen molar-refractivity contribution in [2.24, 2.45) is 5.73 Å². The number of nitrogens with zero attached hydrogens (tertiary/aromatic N) is 1. The zero-order valence-electron chi connectivity index (χ0n) is 12.3. The van der Waals surface area contributed by atoms with Crippen molar-refractivity contribution in [2.45, 2.75) is 19.5 Å². The van der Waals surface area contributed by atoms with Crippen LogP contribution < -0.4 is 15.4 Å². The van der Waals surface area contributed by atoms with Gasteiger partial charge in [0.05, 0.1) is 7.11 Å². The molecule has 3 nitrogen and oxygen atoms in total. The van der Waals surface area contributed by atoms with Crippen molar-refractivity contribution in [3.05, 3.63) is 59.7 Å². The van der Waals surface area contributed by atoms with Gasteiger partial charge in [-0.3, -0.25) is 0 Å².